The Labute approximate surface area is 82.4 Å². The third-order valence-corrected chi connectivity index (χ3v) is 1.57. The first-order valence-electron chi connectivity index (χ1n) is 4.26. The first kappa shape index (κ1) is 12.4. The van der Waals surface area contributed by atoms with Crippen LogP contribution in [0.1, 0.15) is 13.3 Å². The van der Waals surface area contributed by atoms with Crippen LogP contribution in [0, 0.1) is 0 Å². The van der Waals surface area contributed by atoms with E-state index < -0.39 is 11.8 Å². The van der Waals surface area contributed by atoms with Gasteiger partial charge in [-0.25, -0.2) is 0 Å². The molecule has 14 heavy (non-hydrogen) atoms. The molecular formula is C8H15N3O3. The number of carbonyl (C=O) groups is 3. The van der Waals surface area contributed by atoms with Gasteiger partial charge in [0, 0.05) is 13.5 Å². The van der Waals surface area contributed by atoms with Crippen LogP contribution in [0.15, 0.2) is 0 Å². The van der Waals surface area contributed by atoms with Gasteiger partial charge in [0.1, 0.15) is 0 Å². The van der Waals surface area contributed by atoms with E-state index in [4.69, 9.17) is 5.73 Å². The highest BCUT2D eigenvalue weighted by Gasteiger charge is 2.10. The maximum absolute atomic E-state index is 11.1. The number of nitrogens with one attached hydrogen (secondary N) is 1. The molecular weight excluding hydrogens is 186 g/mol. The summed E-state index contributed by atoms with van der Waals surface area (Å²) in [5.74, 6) is -1.13. The van der Waals surface area contributed by atoms with E-state index in [2.05, 4.69) is 5.32 Å². The number of rotatable bonds is 5. The Morgan fingerprint density at radius 3 is 2.36 bits per heavy atom. The van der Waals surface area contributed by atoms with Gasteiger partial charge >= 0.3 is 0 Å². The predicted molar refractivity (Wildman–Crippen MR) is 50.1 cm³/mol. The summed E-state index contributed by atoms with van der Waals surface area (Å²) in [6, 6.07) is 0. The van der Waals surface area contributed by atoms with E-state index in [1.165, 1.54) is 11.9 Å². The summed E-state index contributed by atoms with van der Waals surface area (Å²) < 4.78 is 0. The van der Waals surface area contributed by atoms with Crippen LogP contribution in [0.2, 0.25) is 0 Å². The molecule has 0 saturated heterocycles. The highest BCUT2D eigenvalue weighted by Crippen LogP contribution is 1.88. The molecule has 0 unspecified atom stereocenters. The molecule has 6 heteroatoms. The molecule has 0 aromatic rings. The maximum Gasteiger partial charge on any atom is 0.240 e. The molecule has 0 fully saturated rings. The second-order valence-electron chi connectivity index (χ2n) is 2.85. The lowest BCUT2D eigenvalue weighted by Crippen LogP contribution is -2.41. The van der Waals surface area contributed by atoms with Gasteiger partial charge in [0.15, 0.2) is 0 Å². The van der Waals surface area contributed by atoms with Crippen LogP contribution in [0.25, 0.3) is 0 Å². The number of likely N-dealkylation sites (N-methyl/N-ethyl adjacent to an activating group) is 1. The first-order valence-corrected chi connectivity index (χ1v) is 4.26. The van der Waals surface area contributed by atoms with Crippen molar-refractivity contribution in [1.82, 2.24) is 10.2 Å². The first-order chi connectivity index (χ1) is 6.47. The van der Waals surface area contributed by atoms with Gasteiger partial charge < -0.3 is 16.0 Å². The molecule has 3 N–H and O–H groups in total. The molecule has 0 atom stereocenters. The molecule has 0 aromatic carbocycles. The molecule has 0 aliphatic heterocycles. The molecule has 6 nitrogen and oxygen atoms in total. The van der Waals surface area contributed by atoms with Gasteiger partial charge in [-0.2, -0.15) is 0 Å². The fourth-order valence-electron chi connectivity index (χ4n) is 0.815. The second kappa shape index (κ2) is 5.95. The summed E-state index contributed by atoms with van der Waals surface area (Å²) >= 11 is 0. The van der Waals surface area contributed by atoms with Crippen LogP contribution in [0.5, 0.6) is 0 Å². The number of nitrogens with zero attached hydrogens (tertiary/aromatic N) is 1. The molecule has 0 bridgehead atoms. The van der Waals surface area contributed by atoms with Crippen LogP contribution < -0.4 is 11.1 Å². The minimum Gasteiger partial charge on any atom is -0.368 e. The quantitative estimate of drug-likeness (QED) is 0.564. The smallest absolute Gasteiger partial charge is 0.240 e. The van der Waals surface area contributed by atoms with Crippen molar-refractivity contribution in [2.45, 2.75) is 13.3 Å². The highest BCUT2D eigenvalue weighted by molar-refractivity contribution is 5.87. The molecule has 80 valence electrons. The van der Waals surface area contributed by atoms with Crippen LogP contribution >= 0.6 is 0 Å². The summed E-state index contributed by atoms with van der Waals surface area (Å²) in [5.41, 5.74) is 4.82. The van der Waals surface area contributed by atoms with Crippen molar-refractivity contribution in [2.24, 2.45) is 5.73 Å². The van der Waals surface area contributed by atoms with Gasteiger partial charge in [-0.05, 0) is 0 Å². The van der Waals surface area contributed by atoms with E-state index in [1.807, 2.05) is 0 Å². The Bertz CT molecular complexity index is 240. The number of nitrogens with two attached hydrogens (primary N) is 1. The van der Waals surface area contributed by atoms with E-state index >= 15 is 0 Å². The van der Waals surface area contributed by atoms with E-state index in [0.717, 1.165) is 0 Å². The van der Waals surface area contributed by atoms with Crippen LogP contribution in [0.4, 0.5) is 0 Å². The SMILES string of the molecule is CCC(=O)N(C)CC(=O)NCC(N)=O. The van der Waals surface area contributed by atoms with Crippen molar-refractivity contribution in [1.29, 1.82) is 0 Å². The lowest BCUT2D eigenvalue weighted by Gasteiger charge is -2.15. The molecule has 0 aliphatic rings. The third-order valence-electron chi connectivity index (χ3n) is 1.57. The van der Waals surface area contributed by atoms with Gasteiger partial charge in [0.05, 0.1) is 13.1 Å². The lowest BCUT2D eigenvalue weighted by molar-refractivity contribution is -0.134. The molecule has 0 saturated carbocycles. The van der Waals surface area contributed by atoms with E-state index in [1.54, 1.807) is 6.92 Å². The maximum atomic E-state index is 11.1. The zero-order valence-corrected chi connectivity index (χ0v) is 8.37. The van der Waals surface area contributed by atoms with Gasteiger partial charge in [-0.15, -0.1) is 0 Å². The molecule has 0 aromatic heterocycles. The molecule has 0 spiro atoms. The molecule has 3 amide bonds. The number of hydrogen-bond donors (Lipinski definition) is 2. The minimum atomic E-state index is -0.608. The fraction of sp³-hybridized carbons (Fsp3) is 0.625. The predicted octanol–water partition coefficient (Wildman–Crippen LogP) is -1.54. The average molecular weight is 201 g/mol. The van der Waals surface area contributed by atoms with Crippen LogP contribution in [0.3, 0.4) is 0 Å². The van der Waals surface area contributed by atoms with Crippen molar-refractivity contribution >= 4 is 17.7 Å². The Morgan fingerprint density at radius 1 is 1.36 bits per heavy atom. The van der Waals surface area contributed by atoms with Crippen molar-refractivity contribution in [3.63, 3.8) is 0 Å². The zero-order chi connectivity index (χ0) is 11.1. The molecule has 0 heterocycles. The lowest BCUT2D eigenvalue weighted by atomic mass is 10.4. The van der Waals surface area contributed by atoms with E-state index in [0.29, 0.717) is 6.42 Å². The summed E-state index contributed by atoms with van der Waals surface area (Å²) in [5, 5.41) is 2.28. The average Bonchev–Trinajstić information content (AvgIpc) is 2.13. The third kappa shape index (κ3) is 5.13. The van der Waals surface area contributed by atoms with Crippen molar-refractivity contribution in [2.75, 3.05) is 20.1 Å². The number of hydrogen-bond acceptors (Lipinski definition) is 3. The van der Waals surface area contributed by atoms with Crippen LogP contribution in [-0.4, -0.2) is 42.8 Å². The van der Waals surface area contributed by atoms with Crippen molar-refractivity contribution in [3.05, 3.63) is 0 Å². The normalized spacial score (nSPS) is 9.29. The summed E-state index contributed by atoms with van der Waals surface area (Å²) in [7, 11) is 1.52. The monoisotopic (exact) mass is 201 g/mol. The van der Waals surface area contributed by atoms with Gasteiger partial charge in [0.25, 0.3) is 0 Å². The standard InChI is InChI=1S/C8H15N3O3/c1-3-8(14)11(2)5-7(13)10-4-6(9)12/h3-5H2,1-2H3,(H2,9,12)(H,10,13). The summed E-state index contributed by atoms with van der Waals surface area (Å²) in [4.78, 5) is 33.7. The van der Waals surface area contributed by atoms with E-state index in [9.17, 15) is 14.4 Å². The Balaban J connectivity index is 3.82. The number of carbonyl (C=O) groups excluding carboxylic acids is 3. The highest BCUT2D eigenvalue weighted by atomic mass is 16.2. The second-order valence-corrected chi connectivity index (χ2v) is 2.85. The van der Waals surface area contributed by atoms with E-state index in [-0.39, 0.29) is 19.0 Å². The Kier molecular flexibility index (Phi) is 5.28. The van der Waals surface area contributed by atoms with Gasteiger partial charge in [0.2, 0.25) is 17.7 Å². The zero-order valence-electron chi connectivity index (χ0n) is 8.37. The molecule has 0 radical (unpaired) electrons. The van der Waals surface area contributed by atoms with Gasteiger partial charge in [-0.3, -0.25) is 14.4 Å². The molecule has 0 rings (SSSR count). The Morgan fingerprint density at radius 2 is 1.93 bits per heavy atom. The molecule has 0 aliphatic carbocycles. The van der Waals surface area contributed by atoms with Gasteiger partial charge in [-0.1, -0.05) is 6.92 Å². The van der Waals surface area contributed by atoms with Crippen molar-refractivity contribution < 1.29 is 14.4 Å². The largest absolute Gasteiger partial charge is 0.368 e. The minimum absolute atomic E-state index is 0.0556. The van der Waals surface area contributed by atoms with Crippen molar-refractivity contribution in [3.8, 4) is 0 Å². The fourth-order valence-corrected chi connectivity index (χ4v) is 0.815. The summed E-state index contributed by atoms with van der Waals surface area (Å²) in [6.07, 6.45) is 0.347. The summed E-state index contributed by atoms with van der Waals surface area (Å²) in [6.45, 7) is 1.45. The number of amides is 3. The van der Waals surface area contributed by atoms with Crippen LogP contribution in [-0.2, 0) is 14.4 Å². The topological polar surface area (TPSA) is 92.5 Å². The number of primary amides is 1. The Hall–Kier alpha value is -1.59.